The molecule has 0 saturated carbocycles. The monoisotopic (exact) mass is 318 g/mol. The van der Waals surface area contributed by atoms with Crippen molar-refractivity contribution in [1.29, 1.82) is 0 Å². The molecule has 6 heteroatoms. The molecule has 2 heterocycles. The number of rotatable bonds is 4. The van der Waals surface area contributed by atoms with E-state index in [4.69, 9.17) is 42.1 Å². The van der Waals surface area contributed by atoms with Crippen molar-refractivity contribution in [2.75, 3.05) is 13.7 Å². The summed E-state index contributed by atoms with van der Waals surface area (Å²) >= 11 is 12.1. The fourth-order valence-corrected chi connectivity index (χ4v) is 2.92. The van der Waals surface area contributed by atoms with Crippen LogP contribution in [0.5, 0.6) is 0 Å². The van der Waals surface area contributed by atoms with E-state index in [1.165, 1.54) is 0 Å². The van der Waals surface area contributed by atoms with Gasteiger partial charge in [0.15, 0.2) is 6.29 Å². The second-order valence-electron chi connectivity index (χ2n) is 4.97. The van der Waals surface area contributed by atoms with Crippen LogP contribution < -0.4 is 0 Å². The van der Waals surface area contributed by atoms with Crippen molar-refractivity contribution in [3.8, 4) is 0 Å². The Labute approximate surface area is 127 Å². The lowest BCUT2D eigenvalue weighted by Crippen LogP contribution is -2.44. The van der Waals surface area contributed by atoms with Gasteiger partial charge in [-0.2, -0.15) is 0 Å². The lowest BCUT2D eigenvalue weighted by atomic mass is 10.0. The third-order valence-electron chi connectivity index (χ3n) is 3.68. The van der Waals surface area contributed by atoms with Crippen molar-refractivity contribution in [3.63, 3.8) is 0 Å². The second kappa shape index (κ2) is 6.18. The molecule has 3 rings (SSSR count). The van der Waals surface area contributed by atoms with Crippen LogP contribution in [0, 0.1) is 0 Å². The maximum atomic E-state index is 6.13. The summed E-state index contributed by atoms with van der Waals surface area (Å²) in [5.41, 5.74) is 0.870. The Hall–Kier alpha value is -0.360. The zero-order chi connectivity index (χ0) is 14.1. The largest absolute Gasteiger partial charge is 0.376 e. The average molecular weight is 319 g/mol. The number of benzene rings is 1. The summed E-state index contributed by atoms with van der Waals surface area (Å²) in [5.74, 6) is 0. The van der Waals surface area contributed by atoms with Gasteiger partial charge in [-0.15, -0.1) is 0 Å². The third-order valence-corrected chi connectivity index (χ3v) is 4.28. The van der Waals surface area contributed by atoms with Gasteiger partial charge in [0, 0.05) is 23.6 Å². The molecule has 2 aliphatic heterocycles. The van der Waals surface area contributed by atoms with E-state index in [-0.39, 0.29) is 24.6 Å². The molecule has 2 bridgehead atoms. The van der Waals surface area contributed by atoms with Crippen LogP contribution in [-0.2, 0) is 25.6 Å². The van der Waals surface area contributed by atoms with Gasteiger partial charge < -0.3 is 18.9 Å². The molecule has 0 spiro atoms. The number of ether oxygens (including phenoxy) is 4. The zero-order valence-corrected chi connectivity index (χ0v) is 12.6. The summed E-state index contributed by atoms with van der Waals surface area (Å²) < 4.78 is 22.6. The van der Waals surface area contributed by atoms with Crippen molar-refractivity contribution in [1.82, 2.24) is 0 Å². The highest BCUT2D eigenvalue weighted by Gasteiger charge is 2.44. The molecule has 0 aliphatic carbocycles. The minimum Gasteiger partial charge on any atom is -0.376 e. The molecule has 4 nitrogen and oxygen atoms in total. The van der Waals surface area contributed by atoms with Crippen LogP contribution in [0.25, 0.3) is 0 Å². The van der Waals surface area contributed by atoms with Crippen LogP contribution in [0.15, 0.2) is 18.2 Å². The molecular weight excluding hydrogens is 303 g/mol. The van der Waals surface area contributed by atoms with E-state index < -0.39 is 0 Å². The standard InChI is InChI=1S/C14H16Cl2O4/c1-17-12-5-11(13-7-19-14(12)20-13)18-6-8-4-9(15)2-3-10(8)16/h2-4,11-14H,5-7H2,1H3/t11-,12+,13+,14+/m0/s1. The maximum absolute atomic E-state index is 6.13. The molecule has 0 unspecified atom stereocenters. The predicted octanol–water partition coefficient (Wildman–Crippen LogP) is 3.04. The molecule has 1 aromatic rings. The van der Waals surface area contributed by atoms with E-state index in [2.05, 4.69) is 0 Å². The Morgan fingerprint density at radius 3 is 2.95 bits per heavy atom. The summed E-state index contributed by atoms with van der Waals surface area (Å²) in [6.07, 6.45) is 0.301. The number of methoxy groups -OCH3 is 1. The molecule has 4 atom stereocenters. The quantitative estimate of drug-likeness (QED) is 0.855. The fourth-order valence-electron chi connectivity index (χ4n) is 2.56. The van der Waals surface area contributed by atoms with E-state index in [1.807, 2.05) is 6.07 Å². The van der Waals surface area contributed by atoms with Gasteiger partial charge in [-0.25, -0.2) is 0 Å². The summed E-state index contributed by atoms with van der Waals surface area (Å²) in [6, 6.07) is 5.34. The van der Waals surface area contributed by atoms with Gasteiger partial charge >= 0.3 is 0 Å². The Morgan fingerprint density at radius 1 is 1.30 bits per heavy atom. The first-order valence-corrected chi connectivity index (χ1v) is 7.28. The Kier molecular flexibility index (Phi) is 4.50. The SMILES string of the molecule is CO[C@@H]1C[C@H](OCc2cc(Cl)ccc2Cl)[C@H]2CO[C@@H]1O2. The number of halogens is 2. The van der Waals surface area contributed by atoms with Crippen LogP contribution in [0.2, 0.25) is 10.0 Å². The highest BCUT2D eigenvalue weighted by Crippen LogP contribution is 2.32. The fraction of sp³-hybridized carbons (Fsp3) is 0.571. The van der Waals surface area contributed by atoms with Crippen LogP contribution in [0.3, 0.4) is 0 Å². The van der Waals surface area contributed by atoms with Gasteiger partial charge in [0.25, 0.3) is 0 Å². The maximum Gasteiger partial charge on any atom is 0.184 e. The van der Waals surface area contributed by atoms with Crippen molar-refractivity contribution in [2.45, 2.75) is 37.6 Å². The Balaban J connectivity index is 1.64. The molecule has 0 radical (unpaired) electrons. The van der Waals surface area contributed by atoms with Gasteiger partial charge in [0.2, 0.25) is 0 Å². The highest BCUT2D eigenvalue weighted by molar-refractivity contribution is 6.33. The smallest absolute Gasteiger partial charge is 0.184 e. The second-order valence-corrected chi connectivity index (χ2v) is 5.81. The van der Waals surface area contributed by atoms with Crippen molar-refractivity contribution >= 4 is 23.2 Å². The first kappa shape index (κ1) is 14.6. The number of hydrogen-bond acceptors (Lipinski definition) is 4. The lowest BCUT2D eigenvalue weighted by Gasteiger charge is -2.32. The van der Waals surface area contributed by atoms with E-state index in [0.29, 0.717) is 23.3 Å². The van der Waals surface area contributed by atoms with Crippen LogP contribution in [-0.4, -0.2) is 38.3 Å². The first-order valence-electron chi connectivity index (χ1n) is 6.53. The summed E-state index contributed by atoms with van der Waals surface area (Å²) in [6.45, 7) is 0.934. The topological polar surface area (TPSA) is 36.9 Å². The normalized spacial score (nSPS) is 32.5. The van der Waals surface area contributed by atoms with Crippen LogP contribution in [0.4, 0.5) is 0 Å². The lowest BCUT2D eigenvalue weighted by molar-refractivity contribution is -0.200. The molecule has 2 saturated heterocycles. The molecule has 0 amide bonds. The molecular formula is C14H16Cl2O4. The minimum absolute atomic E-state index is 0.0376. The minimum atomic E-state index is -0.264. The van der Waals surface area contributed by atoms with Gasteiger partial charge in [0.05, 0.1) is 19.3 Å². The van der Waals surface area contributed by atoms with Gasteiger partial charge in [-0.3, -0.25) is 0 Å². The highest BCUT2D eigenvalue weighted by atomic mass is 35.5. The first-order chi connectivity index (χ1) is 9.67. The van der Waals surface area contributed by atoms with Crippen molar-refractivity contribution in [3.05, 3.63) is 33.8 Å². The third kappa shape index (κ3) is 2.96. The summed E-state index contributed by atoms with van der Waals surface area (Å²) in [5, 5.41) is 1.29. The molecule has 2 aliphatic rings. The van der Waals surface area contributed by atoms with Gasteiger partial charge in [0.1, 0.15) is 12.2 Å². The van der Waals surface area contributed by atoms with Crippen molar-refractivity contribution < 1.29 is 18.9 Å². The number of hydrogen-bond donors (Lipinski definition) is 0. The predicted molar refractivity (Wildman–Crippen MR) is 75.1 cm³/mol. The van der Waals surface area contributed by atoms with Gasteiger partial charge in [-0.05, 0) is 23.8 Å². The van der Waals surface area contributed by atoms with Gasteiger partial charge in [-0.1, -0.05) is 23.2 Å². The molecule has 2 fully saturated rings. The molecule has 110 valence electrons. The van der Waals surface area contributed by atoms with E-state index >= 15 is 0 Å². The number of fused-ring (bicyclic) bond motifs is 2. The van der Waals surface area contributed by atoms with Crippen molar-refractivity contribution in [2.24, 2.45) is 0 Å². The van der Waals surface area contributed by atoms with E-state index in [9.17, 15) is 0 Å². The van der Waals surface area contributed by atoms with Crippen LogP contribution >= 0.6 is 23.2 Å². The van der Waals surface area contributed by atoms with E-state index in [1.54, 1.807) is 19.2 Å². The molecule has 0 N–H and O–H groups in total. The Morgan fingerprint density at radius 2 is 2.15 bits per heavy atom. The average Bonchev–Trinajstić information content (AvgIpc) is 2.86. The summed E-state index contributed by atoms with van der Waals surface area (Å²) in [7, 11) is 1.65. The molecule has 1 aromatic carbocycles. The molecule has 20 heavy (non-hydrogen) atoms. The van der Waals surface area contributed by atoms with E-state index in [0.717, 1.165) is 12.0 Å². The molecule has 0 aromatic heterocycles. The Bertz CT molecular complexity index is 482. The zero-order valence-electron chi connectivity index (χ0n) is 11.1. The summed E-state index contributed by atoms with van der Waals surface area (Å²) in [4.78, 5) is 0. The van der Waals surface area contributed by atoms with Crippen LogP contribution in [0.1, 0.15) is 12.0 Å².